The number of carbonyl (C=O) groups excluding carboxylic acids is 2. The van der Waals surface area contributed by atoms with Crippen molar-refractivity contribution in [1.82, 2.24) is 9.88 Å². The van der Waals surface area contributed by atoms with Gasteiger partial charge in [0.05, 0.1) is 26.5 Å². The van der Waals surface area contributed by atoms with Gasteiger partial charge in [0.25, 0.3) is 5.91 Å². The van der Waals surface area contributed by atoms with E-state index in [0.29, 0.717) is 35.0 Å². The van der Waals surface area contributed by atoms with Gasteiger partial charge >= 0.3 is 0 Å². The number of Topliss-reactive ketones (excluding diaryl/α,β-unsaturated/α-hetero) is 1. The lowest BCUT2D eigenvalue weighted by atomic mass is 10.1. The first-order valence-corrected chi connectivity index (χ1v) is 15.6. The fourth-order valence-corrected chi connectivity index (χ4v) is 6.38. The number of nitrogens with zero attached hydrogens (tertiary/aromatic N) is 2. The highest BCUT2D eigenvalue weighted by Gasteiger charge is 2.23. The number of rotatable bonds is 15. The standard InChI is InChI=1S/C29H36N2O6S2/c1-5-6-15-39(34,35)20-25(32)24-19-38-28(30-24)18-31(14-10-13-22-11-8-7-9-12-22)29(33)23-16-26(36-3)21(2)27(17-23)37-4/h7-9,11-12,16-17,19H,5-6,10,13-15,18,20H2,1-4H3. The van der Waals surface area contributed by atoms with Crippen LogP contribution < -0.4 is 9.47 Å². The van der Waals surface area contributed by atoms with Gasteiger partial charge in [0.2, 0.25) is 0 Å². The number of thiazole rings is 1. The summed E-state index contributed by atoms with van der Waals surface area (Å²) in [7, 11) is -0.391. The van der Waals surface area contributed by atoms with Crippen molar-refractivity contribution >= 4 is 32.9 Å². The number of amides is 1. The summed E-state index contributed by atoms with van der Waals surface area (Å²) in [5.74, 6) is -0.215. The number of aryl methyl sites for hydroxylation is 1. The minimum Gasteiger partial charge on any atom is -0.496 e. The lowest BCUT2D eigenvalue weighted by Crippen LogP contribution is -2.32. The Morgan fingerprint density at radius 3 is 2.31 bits per heavy atom. The van der Waals surface area contributed by atoms with Gasteiger partial charge in [0, 0.05) is 23.1 Å². The molecule has 210 valence electrons. The number of unbranched alkanes of at least 4 members (excludes halogenated alkanes) is 1. The number of ketones is 1. The Morgan fingerprint density at radius 2 is 1.69 bits per heavy atom. The number of ether oxygens (including phenoxy) is 2. The van der Waals surface area contributed by atoms with Crippen molar-refractivity contribution in [3.63, 3.8) is 0 Å². The second-order valence-corrected chi connectivity index (χ2v) is 12.4. The van der Waals surface area contributed by atoms with Gasteiger partial charge in [-0.15, -0.1) is 11.3 Å². The number of carbonyl (C=O) groups is 2. The maximum atomic E-state index is 13.7. The summed E-state index contributed by atoms with van der Waals surface area (Å²) in [5, 5.41) is 2.13. The van der Waals surface area contributed by atoms with Crippen LogP contribution >= 0.6 is 11.3 Å². The Bertz CT molecular complexity index is 1340. The molecule has 1 aromatic heterocycles. The molecule has 0 unspecified atom stereocenters. The Labute approximate surface area is 234 Å². The highest BCUT2D eigenvalue weighted by atomic mass is 32.2. The average Bonchev–Trinajstić information content (AvgIpc) is 3.40. The molecular weight excluding hydrogens is 536 g/mol. The van der Waals surface area contributed by atoms with E-state index in [1.54, 1.807) is 36.6 Å². The zero-order chi connectivity index (χ0) is 28.4. The molecule has 3 rings (SSSR count). The largest absolute Gasteiger partial charge is 0.496 e. The molecule has 0 fully saturated rings. The van der Waals surface area contributed by atoms with Gasteiger partial charge < -0.3 is 14.4 Å². The lowest BCUT2D eigenvalue weighted by Gasteiger charge is -2.23. The molecule has 0 radical (unpaired) electrons. The summed E-state index contributed by atoms with van der Waals surface area (Å²) >= 11 is 1.24. The Balaban J connectivity index is 1.81. The molecule has 0 saturated heterocycles. The molecule has 0 spiro atoms. The molecule has 0 N–H and O–H groups in total. The van der Waals surface area contributed by atoms with Crippen molar-refractivity contribution in [3.05, 3.63) is 75.2 Å². The maximum absolute atomic E-state index is 13.7. The molecule has 0 atom stereocenters. The van der Waals surface area contributed by atoms with Crippen LogP contribution in [0.2, 0.25) is 0 Å². The first-order chi connectivity index (χ1) is 18.7. The Kier molecular flexibility index (Phi) is 11.1. The number of methoxy groups -OCH3 is 2. The SMILES string of the molecule is CCCCS(=O)(=O)CC(=O)c1csc(CN(CCCc2ccccc2)C(=O)c2cc(OC)c(C)c(OC)c2)n1. The summed E-state index contributed by atoms with van der Waals surface area (Å²) in [6.45, 7) is 4.41. The summed E-state index contributed by atoms with van der Waals surface area (Å²) < 4.78 is 35.4. The monoisotopic (exact) mass is 572 g/mol. The lowest BCUT2D eigenvalue weighted by molar-refractivity contribution is 0.0740. The predicted octanol–water partition coefficient (Wildman–Crippen LogP) is 5.14. The number of aromatic nitrogens is 1. The van der Waals surface area contributed by atoms with E-state index in [1.807, 2.05) is 32.0 Å². The molecule has 0 saturated carbocycles. The van der Waals surface area contributed by atoms with Gasteiger partial charge in [-0.1, -0.05) is 43.7 Å². The van der Waals surface area contributed by atoms with Crippen molar-refractivity contribution in [2.24, 2.45) is 0 Å². The van der Waals surface area contributed by atoms with Crippen LogP contribution in [-0.2, 0) is 22.8 Å². The third-order valence-electron chi connectivity index (χ3n) is 6.35. The minimum absolute atomic E-state index is 0.0145. The van der Waals surface area contributed by atoms with Gasteiger partial charge in [-0.2, -0.15) is 0 Å². The molecule has 39 heavy (non-hydrogen) atoms. The van der Waals surface area contributed by atoms with Crippen LogP contribution in [0.15, 0.2) is 47.8 Å². The van der Waals surface area contributed by atoms with Crippen LogP contribution in [0.1, 0.15) is 63.2 Å². The molecule has 0 aliphatic carbocycles. The van der Waals surface area contributed by atoms with E-state index in [2.05, 4.69) is 17.1 Å². The van der Waals surface area contributed by atoms with Crippen LogP contribution in [0.4, 0.5) is 0 Å². The van der Waals surface area contributed by atoms with E-state index >= 15 is 0 Å². The maximum Gasteiger partial charge on any atom is 0.254 e. The zero-order valence-electron chi connectivity index (χ0n) is 22.9. The van der Waals surface area contributed by atoms with Crippen LogP contribution in [0.5, 0.6) is 11.5 Å². The average molecular weight is 573 g/mol. The molecule has 8 nitrogen and oxygen atoms in total. The highest BCUT2D eigenvalue weighted by Crippen LogP contribution is 2.30. The van der Waals surface area contributed by atoms with Crippen molar-refractivity contribution in [3.8, 4) is 11.5 Å². The molecule has 1 amide bonds. The molecule has 0 aliphatic heterocycles. The van der Waals surface area contributed by atoms with Crippen LogP contribution in [0, 0.1) is 6.92 Å². The van der Waals surface area contributed by atoms with Gasteiger partial charge in [-0.3, -0.25) is 9.59 Å². The van der Waals surface area contributed by atoms with Crippen molar-refractivity contribution in [2.45, 2.75) is 46.1 Å². The van der Waals surface area contributed by atoms with Crippen molar-refractivity contribution in [2.75, 3.05) is 32.3 Å². The highest BCUT2D eigenvalue weighted by molar-refractivity contribution is 7.92. The summed E-state index contributed by atoms with van der Waals surface area (Å²) in [5.41, 5.74) is 2.51. The zero-order valence-corrected chi connectivity index (χ0v) is 24.6. The normalized spacial score (nSPS) is 11.3. The fourth-order valence-electron chi connectivity index (χ4n) is 4.15. The number of benzene rings is 2. The van der Waals surface area contributed by atoms with E-state index in [0.717, 1.165) is 24.8 Å². The summed E-state index contributed by atoms with van der Waals surface area (Å²) in [6, 6.07) is 13.4. The first-order valence-electron chi connectivity index (χ1n) is 12.9. The Morgan fingerprint density at radius 1 is 1.03 bits per heavy atom. The summed E-state index contributed by atoms with van der Waals surface area (Å²) in [6.07, 6.45) is 2.78. The third-order valence-corrected chi connectivity index (χ3v) is 8.79. The predicted molar refractivity (Wildman–Crippen MR) is 154 cm³/mol. The summed E-state index contributed by atoms with van der Waals surface area (Å²) in [4.78, 5) is 32.4. The number of hydrogen-bond acceptors (Lipinski definition) is 8. The molecule has 10 heteroatoms. The quantitative estimate of drug-likeness (QED) is 0.232. The first kappa shape index (κ1) is 30.3. The minimum atomic E-state index is -3.48. The topological polar surface area (TPSA) is 103 Å². The van der Waals surface area contributed by atoms with Gasteiger partial charge in [-0.25, -0.2) is 13.4 Å². The van der Waals surface area contributed by atoms with E-state index in [1.165, 1.54) is 16.9 Å². The van der Waals surface area contributed by atoms with Gasteiger partial charge in [0.15, 0.2) is 15.6 Å². The number of hydrogen-bond donors (Lipinski definition) is 0. The molecular formula is C29H36N2O6S2. The second-order valence-electron chi connectivity index (χ2n) is 9.32. The Hall–Kier alpha value is -3.24. The van der Waals surface area contributed by atoms with Crippen LogP contribution in [0.25, 0.3) is 0 Å². The molecule has 0 aliphatic rings. The smallest absolute Gasteiger partial charge is 0.254 e. The fraction of sp³-hybridized carbons (Fsp3) is 0.414. The molecule has 1 heterocycles. The van der Waals surface area contributed by atoms with Crippen LogP contribution in [0.3, 0.4) is 0 Å². The number of sulfone groups is 1. The van der Waals surface area contributed by atoms with Crippen LogP contribution in [-0.4, -0.2) is 62.3 Å². The molecule has 3 aromatic rings. The van der Waals surface area contributed by atoms with Gasteiger partial charge in [0.1, 0.15) is 28.0 Å². The van der Waals surface area contributed by atoms with Crippen molar-refractivity contribution < 1.29 is 27.5 Å². The van der Waals surface area contributed by atoms with Gasteiger partial charge in [-0.05, 0) is 43.9 Å². The molecule has 0 bridgehead atoms. The van der Waals surface area contributed by atoms with E-state index in [-0.39, 0.29) is 23.9 Å². The van der Waals surface area contributed by atoms with Crippen molar-refractivity contribution in [1.29, 1.82) is 0 Å². The van der Waals surface area contributed by atoms with E-state index < -0.39 is 21.4 Å². The second kappa shape index (κ2) is 14.2. The van der Waals surface area contributed by atoms with E-state index in [9.17, 15) is 18.0 Å². The van der Waals surface area contributed by atoms with E-state index in [4.69, 9.17) is 9.47 Å². The third kappa shape index (κ3) is 8.63. The molecule has 2 aromatic carbocycles.